The fourth-order valence-electron chi connectivity index (χ4n) is 3.53. The molecule has 0 bridgehead atoms. The van der Waals surface area contributed by atoms with Gasteiger partial charge in [0, 0.05) is 39.9 Å². The summed E-state index contributed by atoms with van der Waals surface area (Å²) >= 11 is 0. The van der Waals surface area contributed by atoms with Crippen LogP contribution in [0.15, 0.2) is 35.3 Å². The van der Waals surface area contributed by atoms with E-state index in [1.807, 2.05) is 6.07 Å². The molecule has 6 nitrogen and oxygen atoms in total. The first kappa shape index (κ1) is 23.6. The van der Waals surface area contributed by atoms with E-state index < -0.39 is 0 Å². The van der Waals surface area contributed by atoms with E-state index in [4.69, 9.17) is 14.5 Å². The van der Waals surface area contributed by atoms with Crippen molar-refractivity contribution in [1.29, 1.82) is 0 Å². The molecule has 1 aromatic rings. The minimum Gasteiger partial charge on any atom is -0.383 e. The quantitative estimate of drug-likeness (QED) is 0.319. The Labute approximate surface area is 177 Å². The zero-order chi connectivity index (χ0) is 20.7. The Morgan fingerprint density at radius 2 is 1.93 bits per heavy atom. The molecule has 0 saturated carbocycles. The van der Waals surface area contributed by atoms with Crippen molar-refractivity contribution in [2.75, 3.05) is 59.6 Å². The number of nitrogens with one attached hydrogen (secondary N) is 2. The lowest BCUT2D eigenvalue weighted by Gasteiger charge is -2.31. The highest BCUT2D eigenvalue weighted by Gasteiger charge is 2.18. The molecule has 1 unspecified atom stereocenters. The predicted molar refractivity (Wildman–Crippen MR) is 120 cm³/mol. The number of ether oxygens (including phenoxy) is 2. The number of aliphatic imine (C=N–C) groups is 1. The average molecular weight is 405 g/mol. The van der Waals surface area contributed by atoms with Crippen molar-refractivity contribution < 1.29 is 9.47 Å². The Hall–Kier alpha value is -1.63. The van der Waals surface area contributed by atoms with Gasteiger partial charge >= 0.3 is 0 Å². The van der Waals surface area contributed by atoms with E-state index in [0.717, 1.165) is 64.9 Å². The zero-order valence-electron chi connectivity index (χ0n) is 18.5. The number of likely N-dealkylation sites (tertiary alicyclic amines) is 1. The van der Waals surface area contributed by atoms with Crippen LogP contribution in [0.2, 0.25) is 0 Å². The van der Waals surface area contributed by atoms with E-state index in [9.17, 15) is 0 Å². The van der Waals surface area contributed by atoms with E-state index in [1.165, 1.54) is 18.4 Å². The number of nitrogens with zero attached hydrogens (tertiary/aromatic N) is 2. The third-order valence-electron chi connectivity index (χ3n) is 5.42. The van der Waals surface area contributed by atoms with Crippen LogP contribution in [-0.2, 0) is 9.47 Å². The summed E-state index contributed by atoms with van der Waals surface area (Å²) in [5.41, 5.74) is 1.23. The molecular weight excluding hydrogens is 364 g/mol. The van der Waals surface area contributed by atoms with Gasteiger partial charge < -0.3 is 25.0 Å². The number of rotatable bonds is 12. The number of piperidine rings is 1. The molecule has 1 atom stereocenters. The lowest BCUT2D eigenvalue weighted by Crippen LogP contribution is -2.39. The van der Waals surface area contributed by atoms with Gasteiger partial charge in [0.2, 0.25) is 0 Å². The van der Waals surface area contributed by atoms with Gasteiger partial charge in [-0.2, -0.15) is 0 Å². The topological polar surface area (TPSA) is 58.1 Å². The summed E-state index contributed by atoms with van der Waals surface area (Å²) in [6, 6.07) is 10.4. The van der Waals surface area contributed by atoms with Crippen molar-refractivity contribution in [2.45, 2.75) is 39.2 Å². The molecule has 1 heterocycles. The largest absolute Gasteiger partial charge is 0.383 e. The Bertz CT molecular complexity index is 559. The Balaban J connectivity index is 1.62. The summed E-state index contributed by atoms with van der Waals surface area (Å²) < 4.78 is 11.1. The zero-order valence-corrected chi connectivity index (χ0v) is 18.5. The van der Waals surface area contributed by atoms with Crippen molar-refractivity contribution in [1.82, 2.24) is 15.5 Å². The average Bonchev–Trinajstić information content (AvgIpc) is 2.77. The van der Waals surface area contributed by atoms with Crippen LogP contribution in [0.3, 0.4) is 0 Å². The van der Waals surface area contributed by atoms with Crippen LogP contribution in [0.1, 0.15) is 44.8 Å². The molecule has 2 rings (SSSR count). The number of guanidine groups is 1. The molecule has 0 aliphatic carbocycles. The summed E-state index contributed by atoms with van der Waals surface area (Å²) in [6.07, 6.45) is 3.53. The van der Waals surface area contributed by atoms with Crippen molar-refractivity contribution >= 4 is 5.96 Å². The smallest absolute Gasteiger partial charge is 0.191 e. The molecule has 1 aromatic carbocycles. The predicted octanol–water partition coefficient (Wildman–Crippen LogP) is 3.07. The third-order valence-corrected chi connectivity index (χ3v) is 5.42. The molecule has 1 saturated heterocycles. The molecule has 0 aromatic heterocycles. The minimum absolute atomic E-state index is 0.132. The van der Waals surface area contributed by atoms with Gasteiger partial charge in [0.05, 0.1) is 12.7 Å². The second-order valence-corrected chi connectivity index (χ2v) is 7.70. The molecule has 164 valence electrons. The van der Waals surface area contributed by atoms with Crippen molar-refractivity contribution in [3.05, 3.63) is 35.9 Å². The van der Waals surface area contributed by atoms with E-state index in [2.05, 4.69) is 53.6 Å². The van der Waals surface area contributed by atoms with E-state index in [-0.39, 0.29) is 6.10 Å². The van der Waals surface area contributed by atoms with E-state index in [1.54, 1.807) is 7.11 Å². The van der Waals surface area contributed by atoms with Gasteiger partial charge in [-0.3, -0.25) is 4.99 Å². The Morgan fingerprint density at radius 1 is 1.17 bits per heavy atom. The fraction of sp³-hybridized carbons (Fsp3) is 0.696. The van der Waals surface area contributed by atoms with Gasteiger partial charge in [0.25, 0.3) is 0 Å². The van der Waals surface area contributed by atoms with Crippen LogP contribution in [0, 0.1) is 5.92 Å². The van der Waals surface area contributed by atoms with Gasteiger partial charge in [0.1, 0.15) is 0 Å². The standard InChI is InChI=1S/C23H40N4O2/c1-4-24-23(26-19-21-11-14-27(15-12-21)16-18-28-3)25-13-8-17-29-20(2)22-9-6-5-7-10-22/h5-7,9-10,20-21H,4,8,11-19H2,1-3H3,(H2,24,25,26). The minimum atomic E-state index is 0.132. The molecule has 0 radical (unpaired) electrons. The third kappa shape index (κ3) is 9.61. The highest BCUT2D eigenvalue weighted by Crippen LogP contribution is 2.17. The van der Waals surface area contributed by atoms with Gasteiger partial charge in [-0.1, -0.05) is 30.3 Å². The molecule has 0 amide bonds. The van der Waals surface area contributed by atoms with Crippen molar-refractivity contribution in [3.8, 4) is 0 Å². The molecule has 1 fully saturated rings. The normalized spacial score (nSPS) is 17.3. The van der Waals surface area contributed by atoms with Crippen LogP contribution in [0.5, 0.6) is 0 Å². The van der Waals surface area contributed by atoms with Crippen LogP contribution >= 0.6 is 0 Å². The maximum absolute atomic E-state index is 5.95. The summed E-state index contributed by atoms with van der Waals surface area (Å²) in [4.78, 5) is 7.30. The van der Waals surface area contributed by atoms with E-state index >= 15 is 0 Å². The Morgan fingerprint density at radius 3 is 2.62 bits per heavy atom. The van der Waals surface area contributed by atoms with Crippen molar-refractivity contribution in [2.24, 2.45) is 10.9 Å². The highest BCUT2D eigenvalue weighted by atomic mass is 16.5. The monoisotopic (exact) mass is 404 g/mol. The Kier molecular flexibility index (Phi) is 11.7. The summed E-state index contributed by atoms with van der Waals surface area (Å²) in [5.74, 6) is 1.60. The summed E-state index contributed by atoms with van der Waals surface area (Å²) in [7, 11) is 1.77. The summed E-state index contributed by atoms with van der Waals surface area (Å²) in [6.45, 7) is 11.8. The van der Waals surface area contributed by atoms with Crippen LogP contribution in [0.25, 0.3) is 0 Å². The van der Waals surface area contributed by atoms with E-state index in [0.29, 0.717) is 5.92 Å². The number of benzene rings is 1. The van der Waals surface area contributed by atoms with Gasteiger partial charge in [-0.05, 0) is 57.7 Å². The second-order valence-electron chi connectivity index (χ2n) is 7.70. The molecule has 2 N–H and O–H groups in total. The SMILES string of the molecule is CCNC(=NCC1CCN(CCOC)CC1)NCCCOC(C)c1ccccc1. The molecule has 29 heavy (non-hydrogen) atoms. The van der Waals surface area contributed by atoms with Crippen LogP contribution in [0.4, 0.5) is 0 Å². The first-order chi connectivity index (χ1) is 14.2. The number of methoxy groups -OCH3 is 1. The fourth-order valence-corrected chi connectivity index (χ4v) is 3.53. The van der Waals surface area contributed by atoms with Gasteiger partial charge in [-0.25, -0.2) is 0 Å². The van der Waals surface area contributed by atoms with Crippen molar-refractivity contribution in [3.63, 3.8) is 0 Å². The molecule has 1 aliphatic heterocycles. The number of hydrogen-bond acceptors (Lipinski definition) is 4. The molecular formula is C23H40N4O2. The van der Waals surface area contributed by atoms with Gasteiger partial charge in [-0.15, -0.1) is 0 Å². The van der Waals surface area contributed by atoms with Crippen LogP contribution < -0.4 is 10.6 Å². The van der Waals surface area contributed by atoms with Gasteiger partial charge in [0.15, 0.2) is 5.96 Å². The van der Waals surface area contributed by atoms with Crippen LogP contribution in [-0.4, -0.2) is 70.5 Å². The number of hydrogen-bond donors (Lipinski definition) is 2. The lowest BCUT2D eigenvalue weighted by atomic mass is 9.97. The highest BCUT2D eigenvalue weighted by molar-refractivity contribution is 5.79. The lowest BCUT2D eigenvalue weighted by molar-refractivity contribution is 0.0646. The first-order valence-electron chi connectivity index (χ1n) is 11.1. The first-order valence-corrected chi connectivity index (χ1v) is 11.1. The second kappa shape index (κ2) is 14.4. The maximum Gasteiger partial charge on any atom is 0.191 e. The summed E-state index contributed by atoms with van der Waals surface area (Å²) in [5, 5.41) is 6.80. The molecule has 0 spiro atoms. The molecule has 6 heteroatoms. The maximum atomic E-state index is 5.95. The molecule has 1 aliphatic rings.